The fraction of sp³-hybridized carbons (Fsp3) is 0.636. The van der Waals surface area contributed by atoms with E-state index in [1.54, 1.807) is 0 Å². The fourth-order valence-electron chi connectivity index (χ4n) is 1.99. The van der Waals surface area contributed by atoms with Crippen molar-refractivity contribution in [1.82, 2.24) is 9.97 Å². The second-order valence-corrected chi connectivity index (χ2v) is 4.54. The molecule has 0 saturated heterocycles. The van der Waals surface area contributed by atoms with Gasteiger partial charge < -0.3 is 10.6 Å². The summed E-state index contributed by atoms with van der Waals surface area (Å²) in [7, 11) is 2.04. The molecule has 2 rings (SSSR count). The van der Waals surface area contributed by atoms with Crippen LogP contribution in [0.2, 0.25) is 0 Å². The Hall–Kier alpha value is -1.16. The van der Waals surface area contributed by atoms with E-state index in [4.69, 9.17) is 5.73 Å². The van der Waals surface area contributed by atoms with Gasteiger partial charge in [-0.05, 0) is 31.2 Å². The van der Waals surface area contributed by atoms with E-state index in [2.05, 4.69) is 14.9 Å². The molecule has 2 N–H and O–H groups in total. The Kier molecular flexibility index (Phi) is 2.86. The fourth-order valence-corrected chi connectivity index (χ4v) is 1.99. The molecule has 4 heteroatoms. The van der Waals surface area contributed by atoms with E-state index >= 15 is 0 Å². The van der Waals surface area contributed by atoms with Crippen LogP contribution in [0.5, 0.6) is 0 Å². The first kappa shape index (κ1) is 10.4. The molecule has 1 aliphatic carbocycles. The monoisotopic (exact) mass is 206 g/mol. The van der Waals surface area contributed by atoms with Gasteiger partial charge in [-0.2, -0.15) is 0 Å². The van der Waals surface area contributed by atoms with Gasteiger partial charge in [-0.15, -0.1) is 0 Å². The lowest BCUT2D eigenvalue weighted by molar-refractivity contribution is 0.270. The average molecular weight is 206 g/mol. The lowest BCUT2D eigenvalue weighted by atomic mass is 9.81. The Morgan fingerprint density at radius 1 is 1.40 bits per heavy atom. The summed E-state index contributed by atoms with van der Waals surface area (Å²) in [5.41, 5.74) is 6.85. The molecule has 15 heavy (non-hydrogen) atoms. The second-order valence-electron chi connectivity index (χ2n) is 4.54. The SMILES string of the molecule is Cc1cnc(N(C)CC2CC(N)C2)nc1. The highest BCUT2D eigenvalue weighted by Crippen LogP contribution is 2.26. The van der Waals surface area contributed by atoms with E-state index in [-0.39, 0.29) is 0 Å². The van der Waals surface area contributed by atoms with E-state index in [0.717, 1.165) is 36.8 Å². The van der Waals surface area contributed by atoms with Gasteiger partial charge in [0.1, 0.15) is 0 Å². The zero-order valence-corrected chi connectivity index (χ0v) is 9.35. The van der Waals surface area contributed by atoms with E-state index in [1.807, 2.05) is 26.4 Å². The zero-order valence-electron chi connectivity index (χ0n) is 9.35. The molecular formula is C11H18N4. The van der Waals surface area contributed by atoms with Crippen LogP contribution in [-0.2, 0) is 0 Å². The van der Waals surface area contributed by atoms with Crippen LogP contribution in [0.15, 0.2) is 12.4 Å². The van der Waals surface area contributed by atoms with Crippen LogP contribution in [0, 0.1) is 12.8 Å². The highest BCUT2D eigenvalue weighted by atomic mass is 15.2. The van der Waals surface area contributed by atoms with Crippen molar-refractivity contribution in [3.05, 3.63) is 18.0 Å². The largest absolute Gasteiger partial charge is 0.344 e. The topological polar surface area (TPSA) is 55.0 Å². The van der Waals surface area contributed by atoms with Crippen molar-refractivity contribution in [3.8, 4) is 0 Å². The first-order chi connectivity index (χ1) is 7.15. The summed E-state index contributed by atoms with van der Waals surface area (Å²) in [6.07, 6.45) is 5.98. The van der Waals surface area contributed by atoms with Crippen molar-refractivity contribution in [3.63, 3.8) is 0 Å². The van der Waals surface area contributed by atoms with Crippen molar-refractivity contribution in [2.24, 2.45) is 11.7 Å². The normalized spacial score (nSPS) is 24.7. The number of anilines is 1. The molecule has 1 aromatic rings. The summed E-state index contributed by atoms with van der Waals surface area (Å²) in [4.78, 5) is 10.7. The van der Waals surface area contributed by atoms with Crippen LogP contribution in [0.25, 0.3) is 0 Å². The number of rotatable bonds is 3. The van der Waals surface area contributed by atoms with Crippen LogP contribution < -0.4 is 10.6 Å². The Morgan fingerprint density at radius 3 is 2.53 bits per heavy atom. The summed E-state index contributed by atoms with van der Waals surface area (Å²) < 4.78 is 0. The molecule has 0 radical (unpaired) electrons. The standard InChI is InChI=1S/C11H18N4/c1-8-5-13-11(14-6-8)15(2)7-9-3-10(12)4-9/h5-6,9-10H,3-4,7,12H2,1-2H3. The maximum Gasteiger partial charge on any atom is 0.224 e. The van der Waals surface area contributed by atoms with Crippen molar-refractivity contribution in [2.45, 2.75) is 25.8 Å². The summed E-state index contributed by atoms with van der Waals surface area (Å²) >= 11 is 0. The number of aryl methyl sites for hydroxylation is 1. The minimum Gasteiger partial charge on any atom is -0.344 e. The van der Waals surface area contributed by atoms with Gasteiger partial charge in [0.15, 0.2) is 0 Å². The number of nitrogens with two attached hydrogens (primary N) is 1. The van der Waals surface area contributed by atoms with Crippen LogP contribution in [0.3, 0.4) is 0 Å². The maximum absolute atomic E-state index is 5.75. The van der Waals surface area contributed by atoms with Crippen molar-refractivity contribution < 1.29 is 0 Å². The van der Waals surface area contributed by atoms with Crippen LogP contribution in [-0.4, -0.2) is 29.6 Å². The Balaban J connectivity index is 1.90. The van der Waals surface area contributed by atoms with Gasteiger partial charge in [0.25, 0.3) is 0 Å². The predicted molar refractivity (Wildman–Crippen MR) is 60.7 cm³/mol. The van der Waals surface area contributed by atoms with Gasteiger partial charge in [-0.1, -0.05) is 0 Å². The Labute approximate surface area is 90.5 Å². The molecule has 1 fully saturated rings. The lowest BCUT2D eigenvalue weighted by Crippen LogP contribution is -2.42. The molecule has 1 heterocycles. The molecule has 0 amide bonds. The van der Waals surface area contributed by atoms with Crippen LogP contribution in [0.1, 0.15) is 18.4 Å². The van der Waals surface area contributed by atoms with Gasteiger partial charge in [0, 0.05) is 32.0 Å². The van der Waals surface area contributed by atoms with Gasteiger partial charge in [-0.3, -0.25) is 0 Å². The summed E-state index contributed by atoms with van der Waals surface area (Å²) in [6, 6.07) is 0.419. The first-order valence-corrected chi connectivity index (χ1v) is 5.40. The van der Waals surface area contributed by atoms with Crippen LogP contribution >= 0.6 is 0 Å². The third kappa shape index (κ3) is 2.45. The molecule has 82 valence electrons. The molecule has 0 aliphatic heterocycles. The van der Waals surface area contributed by atoms with Gasteiger partial charge in [0.05, 0.1) is 0 Å². The van der Waals surface area contributed by atoms with Gasteiger partial charge in [0.2, 0.25) is 5.95 Å². The van der Waals surface area contributed by atoms with E-state index in [9.17, 15) is 0 Å². The van der Waals surface area contributed by atoms with Crippen molar-refractivity contribution in [2.75, 3.05) is 18.5 Å². The van der Waals surface area contributed by atoms with E-state index < -0.39 is 0 Å². The molecule has 1 aromatic heterocycles. The number of hydrogen-bond acceptors (Lipinski definition) is 4. The zero-order chi connectivity index (χ0) is 10.8. The molecule has 0 aromatic carbocycles. The number of aromatic nitrogens is 2. The van der Waals surface area contributed by atoms with Gasteiger partial charge >= 0.3 is 0 Å². The highest BCUT2D eigenvalue weighted by molar-refractivity contribution is 5.28. The molecule has 1 saturated carbocycles. The van der Waals surface area contributed by atoms with E-state index in [0.29, 0.717) is 6.04 Å². The average Bonchev–Trinajstić information content (AvgIpc) is 2.16. The Bertz CT molecular complexity index is 316. The van der Waals surface area contributed by atoms with Crippen molar-refractivity contribution in [1.29, 1.82) is 0 Å². The number of nitrogens with zero attached hydrogens (tertiary/aromatic N) is 3. The highest BCUT2D eigenvalue weighted by Gasteiger charge is 2.27. The summed E-state index contributed by atoms with van der Waals surface area (Å²) in [5.74, 6) is 1.52. The summed E-state index contributed by atoms with van der Waals surface area (Å²) in [6.45, 7) is 3.01. The molecule has 0 unspecified atom stereocenters. The lowest BCUT2D eigenvalue weighted by Gasteiger charge is -2.35. The minimum absolute atomic E-state index is 0.419. The third-order valence-corrected chi connectivity index (χ3v) is 2.91. The maximum atomic E-state index is 5.75. The van der Waals surface area contributed by atoms with Crippen LogP contribution in [0.4, 0.5) is 5.95 Å². The van der Waals surface area contributed by atoms with E-state index in [1.165, 1.54) is 0 Å². The number of hydrogen-bond donors (Lipinski definition) is 1. The molecule has 0 bridgehead atoms. The molecule has 4 nitrogen and oxygen atoms in total. The molecule has 1 aliphatic rings. The van der Waals surface area contributed by atoms with Gasteiger partial charge in [-0.25, -0.2) is 9.97 Å². The minimum atomic E-state index is 0.419. The Morgan fingerprint density at radius 2 is 2.00 bits per heavy atom. The smallest absolute Gasteiger partial charge is 0.224 e. The second kappa shape index (κ2) is 4.14. The first-order valence-electron chi connectivity index (χ1n) is 5.40. The molecular weight excluding hydrogens is 188 g/mol. The quantitative estimate of drug-likeness (QED) is 0.800. The molecule has 0 spiro atoms. The predicted octanol–water partition coefficient (Wildman–Crippen LogP) is 0.959. The third-order valence-electron chi connectivity index (χ3n) is 2.91. The molecule has 0 atom stereocenters. The summed E-state index contributed by atoms with van der Waals surface area (Å²) in [5, 5.41) is 0. The van der Waals surface area contributed by atoms with Crippen molar-refractivity contribution >= 4 is 5.95 Å².